The van der Waals surface area contributed by atoms with Crippen LogP contribution in [0.15, 0.2) is 47.3 Å². The Balaban J connectivity index is 1.85. The molecule has 2 unspecified atom stereocenters. The van der Waals surface area contributed by atoms with Gasteiger partial charge in [0.2, 0.25) is 0 Å². The van der Waals surface area contributed by atoms with Gasteiger partial charge in [0.05, 0.1) is 0 Å². The van der Waals surface area contributed by atoms with Gasteiger partial charge in [0.25, 0.3) is 11.5 Å². The van der Waals surface area contributed by atoms with E-state index >= 15 is 0 Å². The van der Waals surface area contributed by atoms with Crippen LogP contribution in [0.4, 0.5) is 0 Å². The fourth-order valence-corrected chi connectivity index (χ4v) is 3.50. The molecule has 2 heterocycles. The smallest absolute Gasteiger partial charge is 0.274 e. The van der Waals surface area contributed by atoms with Gasteiger partial charge in [0, 0.05) is 24.6 Å². The molecule has 0 aliphatic carbocycles. The van der Waals surface area contributed by atoms with Gasteiger partial charge in [-0.2, -0.15) is 5.10 Å². The van der Waals surface area contributed by atoms with Gasteiger partial charge < -0.3 is 4.90 Å². The van der Waals surface area contributed by atoms with E-state index in [2.05, 4.69) is 29.3 Å². The second kappa shape index (κ2) is 6.77. The molecule has 5 nitrogen and oxygen atoms in total. The molecule has 3 rings (SSSR count). The lowest BCUT2D eigenvalue weighted by Gasteiger charge is -2.31. The summed E-state index contributed by atoms with van der Waals surface area (Å²) in [5, 5.41) is 6.23. The van der Waals surface area contributed by atoms with Crippen LogP contribution in [0.25, 0.3) is 0 Å². The van der Waals surface area contributed by atoms with E-state index in [1.165, 1.54) is 17.7 Å². The predicted molar refractivity (Wildman–Crippen MR) is 88.4 cm³/mol. The number of H-pyrrole nitrogens is 1. The van der Waals surface area contributed by atoms with Crippen LogP contribution in [0, 0.1) is 0 Å². The van der Waals surface area contributed by atoms with Crippen molar-refractivity contribution < 1.29 is 4.79 Å². The first-order chi connectivity index (χ1) is 11.2. The summed E-state index contributed by atoms with van der Waals surface area (Å²) >= 11 is 0. The minimum Gasteiger partial charge on any atom is -0.334 e. The summed E-state index contributed by atoms with van der Waals surface area (Å²) < 4.78 is 0. The summed E-state index contributed by atoms with van der Waals surface area (Å²) in [6.45, 7) is 2.91. The molecule has 0 radical (unpaired) electrons. The third-order valence-electron chi connectivity index (χ3n) is 4.59. The van der Waals surface area contributed by atoms with Crippen LogP contribution in [-0.4, -0.2) is 33.6 Å². The number of carbonyl (C=O) groups is 1. The van der Waals surface area contributed by atoms with Crippen LogP contribution < -0.4 is 5.56 Å². The molecule has 1 saturated heterocycles. The van der Waals surface area contributed by atoms with Gasteiger partial charge in [-0.15, -0.1) is 0 Å². The van der Waals surface area contributed by atoms with Gasteiger partial charge in [-0.05, 0) is 30.9 Å². The van der Waals surface area contributed by atoms with Crippen molar-refractivity contribution in [2.75, 3.05) is 6.54 Å². The maximum Gasteiger partial charge on any atom is 0.274 e. The number of aromatic nitrogens is 2. The van der Waals surface area contributed by atoms with Crippen molar-refractivity contribution in [3.8, 4) is 0 Å². The van der Waals surface area contributed by atoms with E-state index in [1.807, 2.05) is 23.1 Å². The van der Waals surface area contributed by atoms with Crippen molar-refractivity contribution in [2.24, 2.45) is 0 Å². The Kier molecular flexibility index (Phi) is 4.55. The topological polar surface area (TPSA) is 66.1 Å². The third-order valence-corrected chi connectivity index (χ3v) is 4.59. The van der Waals surface area contributed by atoms with Crippen LogP contribution >= 0.6 is 0 Å². The molecule has 2 aromatic rings. The van der Waals surface area contributed by atoms with Gasteiger partial charge in [0.1, 0.15) is 5.69 Å². The monoisotopic (exact) mass is 311 g/mol. The lowest BCUT2D eigenvalue weighted by molar-refractivity contribution is 0.0707. The molecule has 5 heteroatoms. The molecule has 0 spiro atoms. The predicted octanol–water partition coefficient (Wildman–Crippen LogP) is 2.57. The Bertz CT molecular complexity index is 706. The van der Waals surface area contributed by atoms with Gasteiger partial charge in [-0.25, -0.2) is 5.10 Å². The second-order valence-electron chi connectivity index (χ2n) is 5.94. The maximum absolute atomic E-state index is 12.8. The number of amides is 1. The minimum absolute atomic E-state index is 0.0990. The maximum atomic E-state index is 12.8. The van der Waals surface area contributed by atoms with Crippen LogP contribution in [0.1, 0.15) is 48.2 Å². The molecule has 1 aliphatic heterocycles. The zero-order valence-electron chi connectivity index (χ0n) is 13.2. The molecule has 1 fully saturated rings. The molecule has 23 heavy (non-hydrogen) atoms. The molecule has 1 aromatic heterocycles. The summed E-state index contributed by atoms with van der Waals surface area (Å²) in [6, 6.07) is 13.4. The first-order valence-corrected chi connectivity index (χ1v) is 8.12. The van der Waals surface area contributed by atoms with E-state index in [0.29, 0.717) is 11.6 Å². The van der Waals surface area contributed by atoms with E-state index in [9.17, 15) is 9.59 Å². The van der Waals surface area contributed by atoms with E-state index in [-0.39, 0.29) is 17.5 Å². The highest BCUT2D eigenvalue weighted by Gasteiger charge is 2.35. The fraction of sp³-hybridized carbons (Fsp3) is 0.389. The van der Waals surface area contributed by atoms with Crippen molar-refractivity contribution in [3.63, 3.8) is 0 Å². The molecule has 0 bridgehead atoms. The largest absolute Gasteiger partial charge is 0.334 e. The normalized spacial score (nSPS) is 18.8. The lowest BCUT2D eigenvalue weighted by Crippen LogP contribution is -2.39. The van der Waals surface area contributed by atoms with E-state index in [4.69, 9.17) is 0 Å². The number of likely N-dealkylation sites (tertiary alicyclic amines) is 1. The lowest BCUT2D eigenvalue weighted by atomic mass is 9.87. The Hall–Kier alpha value is -2.43. The first kappa shape index (κ1) is 15.5. The van der Waals surface area contributed by atoms with E-state index in [1.54, 1.807) is 0 Å². The van der Waals surface area contributed by atoms with Gasteiger partial charge in [0.15, 0.2) is 0 Å². The Morgan fingerprint density at radius 1 is 1.30 bits per heavy atom. The summed E-state index contributed by atoms with van der Waals surface area (Å²) in [6.07, 6.45) is 2.99. The number of hydrogen-bond acceptors (Lipinski definition) is 3. The molecule has 0 saturated carbocycles. The fourth-order valence-electron chi connectivity index (χ4n) is 3.50. The SMILES string of the molecule is CCC(c1ccccc1)C1CCCN1C(=O)c1ccc(=O)[nH]n1. The third kappa shape index (κ3) is 3.18. The molecule has 1 aromatic carbocycles. The quantitative estimate of drug-likeness (QED) is 0.943. The summed E-state index contributed by atoms with van der Waals surface area (Å²) in [4.78, 5) is 25.8. The molecule has 120 valence electrons. The van der Waals surface area contributed by atoms with Crippen molar-refractivity contribution in [1.82, 2.24) is 15.1 Å². The average molecular weight is 311 g/mol. The zero-order valence-corrected chi connectivity index (χ0v) is 13.2. The molecular formula is C18H21N3O2. The van der Waals surface area contributed by atoms with Crippen molar-refractivity contribution in [3.05, 3.63) is 64.1 Å². The Morgan fingerprint density at radius 2 is 2.09 bits per heavy atom. The minimum atomic E-state index is -0.296. The zero-order chi connectivity index (χ0) is 16.2. The van der Waals surface area contributed by atoms with Crippen molar-refractivity contribution in [2.45, 2.75) is 38.1 Å². The highest BCUT2D eigenvalue weighted by Crippen LogP contribution is 2.34. The van der Waals surface area contributed by atoms with Crippen molar-refractivity contribution in [1.29, 1.82) is 0 Å². The Labute approximate surface area is 135 Å². The highest BCUT2D eigenvalue weighted by molar-refractivity contribution is 5.92. The standard InChI is InChI=1S/C18H21N3O2/c1-2-14(13-7-4-3-5-8-13)16-9-6-12-21(16)18(23)15-10-11-17(22)20-19-15/h3-5,7-8,10-11,14,16H,2,6,9,12H2,1H3,(H,20,22). The number of carbonyl (C=O) groups excluding carboxylic acids is 1. The molecule has 1 N–H and O–H groups in total. The Morgan fingerprint density at radius 3 is 2.74 bits per heavy atom. The number of nitrogens with zero attached hydrogens (tertiary/aromatic N) is 2. The highest BCUT2D eigenvalue weighted by atomic mass is 16.2. The number of nitrogens with one attached hydrogen (secondary N) is 1. The number of hydrogen-bond donors (Lipinski definition) is 1. The summed E-state index contributed by atoms with van der Waals surface area (Å²) in [5.74, 6) is 0.226. The molecule has 1 amide bonds. The average Bonchev–Trinajstić information content (AvgIpc) is 3.06. The van der Waals surface area contributed by atoms with E-state index < -0.39 is 0 Å². The molecule has 2 atom stereocenters. The van der Waals surface area contributed by atoms with Gasteiger partial charge in [-0.1, -0.05) is 37.3 Å². The van der Waals surface area contributed by atoms with E-state index in [0.717, 1.165) is 25.8 Å². The van der Waals surface area contributed by atoms with Gasteiger partial charge >= 0.3 is 0 Å². The van der Waals surface area contributed by atoms with Crippen LogP contribution in [0.2, 0.25) is 0 Å². The van der Waals surface area contributed by atoms with Crippen LogP contribution in [0.5, 0.6) is 0 Å². The second-order valence-corrected chi connectivity index (χ2v) is 5.94. The molecular weight excluding hydrogens is 290 g/mol. The summed E-state index contributed by atoms with van der Waals surface area (Å²) in [7, 11) is 0. The van der Waals surface area contributed by atoms with Gasteiger partial charge in [-0.3, -0.25) is 9.59 Å². The molecule has 1 aliphatic rings. The summed E-state index contributed by atoms with van der Waals surface area (Å²) in [5.41, 5.74) is 1.28. The first-order valence-electron chi connectivity index (χ1n) is 8.12. The number of benzene rings is 1. The van der Waals surface area contributed by atoms with Crippen LogP contribution in [-0.2, 0) is 0 Å². The number of aromatic amines is 1. The van der Waals surface area contributed by atoms with Crippen LogP contribution in [0.3, 0.4) is 0 Å². The van der Waals surface area contributed by atoms with Crippen molar-refractivity contribution >= 4 is 5.91 Å². The number of rotatable bonds is 4.